The van der Waals surface area contributed by atoms with Crippen molar-refractivity contribution >= 4 is 16.5 Å². The molecular weight excluding hydrogens is 254 g/mol. The van der Waals surface area contributed by atoms with Crippen molar-refractivity contribution in [1.29, 1.82) is 0 Å². The van der Waals surface area contributed by atoms with Gasteiger partial charge in [-0.1, -0.05) is 12.8 Å². The third-order valence-corrected chi connectivity index (χ3v) is 4.67. The molecule has 1 aromatic heterocycles. The molecule has 0 radical (unpaired) electrons. The number of hydrogen-bond acceptors (Lipinski definition) is 4. The normalized spacial score (nSPS) is 21.5. The molecule has 0 saturated carbocycles. The Balaban J connectivity index is 1.99. The fraction of sp³-hybridized carbons (Fsp3) is 0.800. The van der Waals surface area contributed by atoms with Crippen LogP contribution in [0.2, 0.25) is 0 Å². The first-order valence-electron chi connectivity index (χ1n) is 7.42. The second-order valence-corrected chi connectivity index (χ2v) is 7.70. The number of rotatable bonds is 3. The van der Waals surface area contributed by atoms with Gasteiger partial charge in [0.25, 0.3) is 0 Å². The van der Waals surface area contributed by atoms with Crippen LogP contribution in [-0.2, 0) is 6.54 Å². The first-order chi connectivity index (χ1) is 8.96. The predicted octanol–water partition coefficient (Wildman–Crippen LogP) is 3.80. The molecule has 1 saturated heterocycles. The Bertz CT molecular complexity index is 394. The summed E-state index contributed by atoms with van der Waals surface area (Å²) in [4.78, 5) is 8.47. The van der Waals surface area contributed by atoms with Crippen LogP contribution >= 0.6 is 11.3 Å². The minimum absolute atomic E-state index is 0.167. The molecule has 1 aromatic rings. The Morgan fingerprint density at radius 2 is 2.16 bits per heavy atom. The summed E-state index contributed by atoms with van der Waals surface area (Å²) >= 11 is 1.85. The lowest BCUT2D eigenvalue weighted by molar-refractivity contribution is 0.426. The van der Waals surface area contributed by atoms with Crippen LogP contribution in [0.1, 0.15) is 58.3 Å². The van der Waals surface area contributed by atoms with Crippen molar-refractivity contribution in [3.63, 3.8) is 0 Å². The molecule has 0 spiro atoms. The summed E-state index contributed by atoms with van der Waals surface area (Å²) in [7, 11) is 0. The second kappa shape index (κ2) is 6.23. The van der Waals surface area contributed by atoms with E-state index in [4.69, 9.17) is 0 Å². The topological polar surface area (TPSA) is 28.2 Å². The van der Waals surface area contributed by atoms with E-state index in [1.807, 2.05) is 17.5 Å². The van der Waals surface area contributed by atoms with Crippen LogP contribution < -0.4 is 10.2 Å². The maximum atomic E-state index is 4.64. The van der Waals surface area contributed by atoms with Crippen LogP contribution in [0.3, 0.4) is 0 Å². The number of aromatic nitrogens is 1. The molecule has 108 valence electrons. The van der Waals surface area contributed by atoms with Crippen LogP contribution in [0.15, 0.2) is 6.20 Å². The lowest BCUT2D eigenvalue weighted by Gasteiger charge is -2.26. The van der Waals surface area contributed by atoms with Crippen molar-refractivity contribution in [2.24, 2.45) is 0 Å². The van der Waals surface area contributed by atoms with E-state index in [-0.39, 0.29) is 5.54 Å². The monoisotopic (exact) mass is 281 g/mol. The van der Waals surface area contributed by atoms with E-state index in [2.05, 4.69) is 42.9 Å². The van der Waals surface area contributed by atoms with Gasteiger partial charge in [-0.15, -0.1) is 11.3 Å². The summed E-state index contributed by atoms with van der Waals surface area (Å²) < 4.78 is 0. The molecule has 1 aliphatic rings. The zero-order chi connectivity index (χ0) is 13.9. The number of hydrogen-bond donors (Lipinski definition) is 1. The van der Waals surface area contributed by atoms with Gasteiger partial charge in [0, 0.05) is 35.7 Å². The summed E-state index contributed by atoms with van der Waals surface area (Å²) in [5.41, 5.74) is 0.167. The molecule has 4 heteroatoms. The molecule has 1 atom stereocenters. The molecule has 0 amide bonds. The van der Waals surface area contributed by atoms with Gasteiger partial charge in [-0.3, -0.25) is 0 Å². The minimum atomic E-state index is 0.167. The van der Waals surface area contributed by atoms with E-state index in [9.17, 15) is 0 Å². The third kappa shape index (κ3) is 4.46. The number of anilines is 1. The summed E-state index contributed by atoms with van der Waals surface area (Å²) in [6.07, 6.45) is 7.37. The van der Waals surface area contributed by atoms with Gasteiger partial charge in [-0.2, -0.15) is 0 Å². The van der Waals surface area contributed by atoms with Crippen molar-refractivity contribution < 1.29 is 0 Å². The Hall–Kier alpha value is -0.610. The second-order valence-electron chi connectivity index (χ2n) is 6.60. The van der Waals surface area contributed by atoms with Gasteiger partial charge < -0.3 is 10.2 Å². The first kappa shape index (κ1) is 14.8. The van der Waals surface area contributed by atoms with Gasteiger partial charge in [0.15, 0.2) is 5.13 Å². The van der Waals surface area contributed by atoms with Gasteiger partial charge >= 0.3 is 0 Å². The average molecular weight is 281 g/mol. The highest BCUT2D eigenvalue weighted by Crippen LogP contribution is 2.28. The maximum absolute atomic E-state index is 4.64. The molecule has 1 fully saturated rings. The van der Waals surface area contributed by atoms with Gasteiger partial charge in [0.05, 0.1) is 0 Å². The zero-order valence-electron chi connectivity index (χ0n) is 12.7. The highest BCUT2D eigenvalue weighted by atomic mass is 32.1. The van der Waals surface area contributed by atoms with Crippen LogP contribution in [0.4, 0.5) is 5.13 Å². The molecule has 0 bridgehead atoms. The van der Waals surface area contributed by atoms with Crippen molar-refractivity contribution in [3.05, 3.63) is 11.1 Å². The van der Waals surface area contributed by atoms with Gasteiger partial charge in [-0.25, -0.2) is 4.98 Å². The minimum Gasteiger partial charge on any atom is -0.345 e. The zero-order valence-corrected chi connectivity index (χ0v) is 13.5. The summed E-state index contributed by atoms with van der Waals surface area (Å²) in [6.45, 7) is 11.0. The molecule has 1 N–H and O–H groups in total. The molecule has 2 heterocycles. The van der Waals surface area contributed by atoms with E-state index in [1.54, 1.807) is 0 Å². The van der Waals surface area contributed by atoms with Gasteiger partial charge in [0.2, 0.25) is 0 Å². The molecule has 3 nitrogen and oxygen atoms in total. The SMILES string of the molecule is CC1CCCCCN1c1ncc(CNC(C)(C)C)s1. The fourth-order valence-electron chi connectivity index (χ4n) is 2.42. The van der Waals surface area contributed by atoms with Crippen molar-refractivity contribution in [2.45, 2.75) is 71.5 Å². The highest BCUT2D eigenvalue weighted by Gasteiger charge is 2.20. The first-order valence-corrected chi connectivity index (χ1v) is 8.24. The molecule has 0 aromatic carbocycles. The van der Waals surface area contributed by atoms with E-state index >= 15 is 0 Å². The van der Waals surface area contributed by atoms with Crippen molar-refractivity contribution in [2.75, 3.05) is 11.4 Å². The van der Waals surface area contributed by atoms with Gasteiger partial charge in [-0.05, 0) is 40.5 Å². The third-order valence-electron chi connectivity index (χ3n) is 3.63. The molecule has 2 rings (SSSR count). The quantitative estimate of drug-likeness (QED) is 0.913. The predicted molar refractivity (Wildman–Crippen MR) is 84.0 cm³/mol. The Labute approximate surface area is 121 Å². The lowest BCUT2D eigenvalue weighted by atomic mass is 10.1. The van der Waals surface area contributed by atoms with Crippen LogP contribution in [0.25, 0.3) is 0 Å². The Kier molecular flexibility index (Phi) is 4.85. The van der Waals surface area contributed by atoms with E-state index in [1.165, 1.54) is 42.2 Å². The van der Waals surface area contributed by atoms with Crippen molar-refractivity contribution in [3.8, 4) is 0 Å². The summed E-state index contributed by atoms with van der Waals surface area (Å²) in [5, 5.41) is 4.74. The molecule has 1 unspecified atom stereocenters. The molecule has 1 aliphatic heterocycles. The Morgan fingerprint density at radius 3 is 2.89 bits per heavy atom. The Morgan fingerprint density at radius 1 is 1.37 bits per heavy atom. The van der Waals surface area contributed by atoms with E-state index < -0.39 is 0 Å². The largest absolute Gasteiger partial charge is 0.345 e. The maximum Gasteiger partial charge on any atom is 0.185 e. The van der Waals surface area contributed by atoms with Crippen LogP contribution in [0, 0.1) is 0 Å². The average Bonchev–Trinajstić information content (AvgIpc) is 2.69. The molecular formula is C15H27N3S. The van der Waals surface area contributed by atoms with Crippen LogP contribution in [0.5, 0.6) is 0 Å². The standard InChI is InChI=1S/C15H27N3S/c1-12-8-6-5-7-9-18(12)14-16-10-13(19-14)11-17-15(2,3)4/h10,12,17H,5-9,11H2,1-4H3. The van der Waals surface area contributed by atoms with E-state index in [0.29, 0.717) is 6.04 Å². The number of nitrogens with zero attached hydrogens (tertiary/aromatic N) is 2. The van der Waals surface area contributed by atoms with E-state index in [0.717, 1.165) is 6.54 Å². The summed E-state index contributed by atoms with van der Waals surface area (Å²) in [5.74, 6) is 0. The molecule has 0 aliphatic carbocycles. The number of nitrogens with one attached hydrogen (secondary N) is 1. The lowest BCUT2D eigenvalue weighted by Crippen LogP contribution is -2.34. The molecule has 19 heavy (non-hydrogen) atoms. The number of thiazole rings is 1. The smallest absolute Gasteiger partial charge is 0.185 e. The summed E-state index contributed by atoms with van der Waals surface area (Å²) in [6, 6.07) is 0.636. The highest BCUT2D eigenvalue weighted by molar-refractivity contribution is 7.15. The van der Waals surface area contributed by atoms with Gasteiger partial charge in [0.1, 0.15) is 0 Å². The van der Waals surface area contributed by atoms with Crippen LogP contribution in [-0.4, -0.2) is 23.1 Å². The fourth-order valence-corrected chi connectivity index (χ4v) is 3.40. The van der Waals surface area contributed by atoms with Crippen molar-refractivity contribution in [1.82, 2.24) is 10.3 Å².